The molecule has 2 aromatic rings. The first-order chi connectivity index (χ1) is 9.15. The number of para-hydroxylation sites is 1. The molecule has 98 valence electrons. The molecule has 0 atom stereocenters. The molecule has 2 N–H and O–H groups in total. The van der Waals surface area contributed by atoms with Crippen molar-refractivity contribution in [2.24, 2.45) is 0 Å². The van der Waals surface area contributed by atoms with Crippen molar-refractivity contribution in [2.45, 2.75) is 13.8 Å². The van der Waals surface area contributed by atoms with Gasteiger partial charge in [0.25, 0.3) is 0 Å². The van der Waals surface area contributed by atoms with Gasteiger partial charge in [0.15, 0.2) is 11.5 Å². The Hall–Kier alpha value is -2.36. The Balaban J connectivity index is 2.45. The van der Waals surface area contributed by atoms with Crippen molar-refractivity contribution in [1.29, 1.82) is 5.41 Å². The van der Waals surface area contributed by atoms with E-state index in [-0.39, 0.29) is 11.5 Å². The lowest BCUT2D eigenvalue weighted by atomic mass is 10.0. The Morgan fingerprint density at radius 3 is 2.79 bits per heavy atom. The number of benzene rings is 1. The van der Waals surface area contributed by atoms with E-state index in [1.54, 1.807) is 24.4 Å². The Morgan fingerprint density at radius 1 is 1.32 bits per heavy atom. The Kier molecular flexibility index (Phi) is 3.80. The summed E-state index contributed by atoms with van der Waals surface area (Å²) in [7, 11) is 0. The first-order valence-electron chi connectivity index (χ1n) is 6.10. The van der Waals surface area contributed by atoms with E-state index in [9.17, 15) is 5.11 Å². The minimum absolute atomic E-state index is 0.0144. The van der Waals surface area contributed by atoms with Gasteiger partial charge in [-0.2, -0.15) is 0 Å². The van der Waals surface area contributed by atoms with Crippen LogP contribution in [0.4, 0.5) is 0 Å². The monoisotopic (exact) mass is 256 g/mol. The summed E-state index contributed by atoms with van der Waals surface area (Å²) in [6.07, 6.45) is 1.64. The highest BCUT2D eigenvalue weighted by Gasteiger charge is 2.15. The quantitative estimate of drug-likeness (QED) is 0.826. The number of ether oxygens (including phenoxy) is 1. The fourth-order valence-electron chi connectivity index (χ4n) is 1.87. The summed E-state index contributed by atoms with van der Waals surface area (Å²) in [6.45, 7) is 4.20. The van der Waals surface area contributed by atoms with Gasteiger partial charge in [0, 0.05) is 11.8 Å². The highest BCUT2D eigenvalue weighted by molar-refractivity contribution is 6.12. The van der Waals surface area contributed by atoms with Crippen LogP contribution in [0.2, 0.25) is 0 Å². The second kappa shape index (κ2) is 5.52. The molecule has 19 heavy (non-hydrogen) atoms. The number of nitrogens with zero attached hydrogens (tertiary/aromatic N) is 1. The van der Waals surface area contributed by atoms with E-state index >= 15 is 0 Å². The van der Waals surface area contributed by atoms with Gasteiger partial charge in [-0.1, -0.05) is 12.1 Å². The highest BCUT2D eigenvalue weighted by atomic mass is 16.5. The van der Waals surface area contributed by atoms with Crippen LogP contribution < -0.4 is 4.74 Å². The molecule has 0 saturated heterocycles. The number of hydrogen-bond acceptors (Lipinski definition) is 4. The van der Waals surface area contributed by atoms with Gasteiger partial charge in [-0.3, -0.25) is 10.4 Å². The smallest absolute Gasteiger partial charge is 0.167 e. The molecular formula is C15H16N2O2. The zero-order chi connectivity index (χ0) is 13.8. The van der Waals surface area contributed by atoms with Crippen molar-refractivity contribution < 1.29 is 9.84 Å². The maximum Gasteiger partial charge on any atom is 0.167 e. The number of nitrogens with one attached hydrogen (secondary N) is 1. The molecule has 1 aromatic carbocycles. The minimum atomic E-state index is -0.0144. The van der Waals surface area contributed by atoms with Crippen LogP contribution in [-0.2, 0) is 0 Å². The van der Waals surface area contributed by atoms with Crippen LogP contribution in [0, 0.1) is 12.3 Å². The van der Waals surface area contributed by atoms with Gasteiger partial charge in [-0.15, -0.1) is 0 Å². The molecule has 1 aromatic heterocycles. The van der Waals surface area contributed by atoms with Crippen molar-refractivity contribution in [2.75, 3.05) is 6.61 Å². The molecule has 0 fully saturated rings. The second-order valence-corrected chi connectivity index (χ2v) is 4.13. The lowest BCUT2D eigenvalue weighted by Crippen LogP contribution is -2.07. The third-order valence-electron chi connectivity index (χ3n) is 2.81. The standard InChI is InChI=1S/C15H16N2O2/c1-3-19-12-8-4-7-11(15(12)18)13(16)14-10(2)6-5-9-17-14/h4-9,16,18H,3H2,1-2H3. The fraction of sp³-hybridized carbons (Fsp3) is 0.200. The Bertz CT molecular complexity index is 609. The molecule has 0 spiro atoms. The topological polar surface area (TPSA) is 66.2 Å². The molecular weight excluding hydrogens is 240 g/mol. The van der Waals surface area contributed by atoms with E-state index in [0.717, 1.165) is 5.56 Å². The van der Waals surface area contributed by atoms with Crippen LogP contribution in [0.1, 0.15) is 23.7 Å². The number of aromatic nitrogens is 1. The van der Waals surface area contributed by atoms with Crippen LogP contribution in [0.15, 0.2) is 36.5 Å². The van der Waals surface area contributed by atoms with Crippen molar-refractivity contribution >= 4 is 5.71 Å². The molecule has 0 bridgehead atoms. The van der Waals surface area contributed by atoms with Gasteiger partial charge in [0.1, 0.15) is 0 Å². The lowest BCUT2D eigenvalue weighted by molar-refractivity contribution is 0.318. The summed E-state index contributed by atoms with van der Waals surface area (Å²) in [6, 6.07) is 8.84. The van der Waals surface area contributed by atoms with E-state index in [4.69, 9.17) is 10.1 Å². The van der Waals surface area contributed by atoms with Crippen LogP contribution in [0.25, 0.3) is 0 Å². The molecule has 1 heterocycles. The van der Waals surface area contributed by atoms with E-state index in [1.165, 1.54) is 0 Å². The number of phenols is 1. The molecule has 2 rings (SSSR count). The zero-order valence-corrected chi connectivity index (χ0v) is 11.0. The SMILES string of the molecule is CCOc1cccc(C(=N)c2ncccc2C)c1O. The molecule has 0 saturated carbocycles. The summed E-state index contributed by atoms with van der Waals surface area (Å²) in [4.78, 5) is 4.19. The predicted octanol–water partition coefficient (Wildman–Crippen LogP) is 2.91. The molecule has 0 aliphatic heterocycles. The molecule has 0 radical (unpaired) electrons. The van der Waals surface area contributed by atoms with Crippen LogP contribution >= 0.6 is 0 Å². The van der Waals surface area contributed by atoms with E-state index in [0.29, 0.717) is 23.6 Å². The largest absolute Gasteiger partial charge is 0.504 e. The number of phenolic OH excluding ortho intramolecular Hbond substituents is 1. The number of hydrogen-bond donors (Lipinski definition) is 2. The first kappa shape index (κ1) is 13.1. The summed E-state index contributed by atoms with van der Waals surface area (Å²) >= 11 is 0. The molecule has 0 amide bonds. The van der Waals surface area contributed by atoms with Crippen LogP contribution in [-0.4, -0.2) is 22.4 Å². The van der Waals surface area contributed by atoms with Crippen molar-refractivity contribution in [1.82, 2.24) is 4.98 Å². The average molecular weight is 256 g/mol. The van der Waals surface area contributed by atoms with Gasteiger partial charge in [0.05, 0.1) is 18.0 Å². The number of rotatable bonds is 4. The van der Waals surface area contributed by atoms with Crippen LogP contribution in [0.3, 0.4) is 0 Å². The maximum atomic E-state index is 10.1. The highest BCUT2D eigenvalue weighted by Crippen LogP contribution is 2.31. The zero-order valence-electron chi connectivity index (χ0n) is 11.0. The molecule has 0 aliphatic carbocycles. The second-order valence-electron chi connectivity index (χ2n) is 4.13. The molecule has 0 aliphatic rings. The molecule has 0 unspecified atom stereocenters. The predicted molar refractivity (Wildman–Crippen MR) is 74.2 cm³/mol. The van der Waals surface area contributed by atoms with Crippen molar-refractivity contribution in [3.8, 4) is 11.5 Å². The lowest BCUT2D eigenvalue weighted by Gasteiger charge is -2.11. The molecule has 4 heteroatoms. The summed E-state index contributed by atoms with van der Waals surface area (Å²) < 4.78 is 5.33. The third-order valence-corrected chi connectivity index (χ3v) is 2.81. The first-order valence-corrected chi connectivity index (χ1v) is 6.10. The maximum absolute atomic E-state index is 10.1. The summed E-state index contributed by atoms with van der Waals surface area (Å²) in [5.41, 5.74) is 2.07. The number of aryl methyl sites for hydroxylation is 1. The van der Waals surface area contributed by atoms with Gasteiger partial charge < -0.3 is 9.84 Å². The van der Waals surface area contributed by atoms with E-state index < -0.39 is 0 Å². The summed E-state index contributed by atoms with van der Waals surface area (Å²) in [5.74, 6) is 0.373. The van der Waals surface area contributed by atoms with Gasteiger partial charge in [-0.05, 0) is 37.6 Å². The van der Waals surface area contributed by atoms with E-state index in [2.05, 4.69) is 4.98 Å². The fourth-order valence-corrected chi connectivity index (χ4v) is 1.87. The summed E-state index contributed by atoms with van der Waals surface area (Å²) in [5, 5.41) is 18.4. The average Bonchev–Trinajstić information content (AvgIpc) is 2.41. The Morgan fingerprint density at radius 2 is 2.11 bits per heavy atom. The van der Waals surface area contributed by atoms with Gasteiger partial charge >= 0.3 is 0 Å². The Labute approximate surface area is 112 Å². The number of pyridine rings is 1. The van der Waals surface area contributed by atoms with Gasteiger partial charge in [-0.25, -0.2) is 0 Å². The number of aromatic hydroxyl groups is 1. The normalized spacial score (nSPS) is 10.2. The minimum Gasteiger partial charge on any atom is -0.504 e. The van der Waals surface area contributed by atoms with Crippen LogP contribution in [0.5, 0.6) is 11.5 Å². The van der Waals surface area contributed by atoms with Gasteiger partial charge in [0.2, 0.25) is 0 Å². The van der Waals surface area contributed by atoms with E-state index in [1.807, 2.05) is 26.0 Å². The van der Waals surface area contributed by atoms with Crippen molar-refractivity contribution in [3.05, 3.63) is 53.3 Å². The third kappa shape index (κ3) is 2.57. The van der Waals surface area contributed by atoms with Crippen molar-refractivity contribution in [3.63, 3.8) is 0 Å². The molecule has 4 nitrogen and oxygen atoms in total.